The molecule has 1 atom stereocenters. The molecule has 0 aliphatic carbocycles. The number of anilines is 1. The monoisotopic (exact) mass is 382 g/mol. The summed E-state index contributed by atoms with van der Waals surface area (Å²) in [7, 11) is 0. The Morgan fingerprint density at radius 1 is 1.30 bits per heavy atom. The number of benzene rings is 1. The predicted octanol–water partition coefficient (Wildman–Crippen LogP) is 3.05. The van der Waals surface area contributed by atoms with Crippen LogP contribution >= 0.6 is 15.9 Å². The fourth-order valence-electron chi connectivity index (χ4n) is 2.73. The normalized spacial score (nSPS) is 16.7. The molecule has 1 saturated heterocycles. The Bertz CT molecular complexity index is 539. The molecule has 1 unspecified atom stereocenters. The maximum Gasteiger partial charge on any atom is 0.309 e. The molecule has 1 aliphatic rings. The van der Waals surface area contributed by atoms with E-state index in [4.69, 9.17) is 4.74 Å². The third kappa shape index (κ3) is 4.96. The van der Waals surface area contributed by atoms with Gasteiger partial charge in [0.1, 0.15) is 6.04 Å². The third-order valence-corrected chi connectivity index (χ3v) is 4.55. The lowest BCUT2D eigenvalue weighted by molar-refractivity contribution is -0.151. The topological polar surface area (TPSA) is 58.6 Å². The standard InChI is InChI=1S/C17H23BrN2O3/c1-3-23-17(22)13-8-10-20(11-9-13)16(21)12(2)19-15-6-4-14(18)5-7-15/h4-7,12-13,19H,3,8-11H2,1-2H3. The van der Waals surface area contributed by atoms with Gasteiger partial charge in [0.25, 0.3) is 0 Å². The van der Waals surface area contributed by atoms with Crippen molar-refractivity contribution in [3.05, 3.63) is 28.7 Å². The number of esters is 1. The fraction of sp³-hybridized carbons (Fsp3) is 0.529. The maximum atomic E-state index is 12.5. The van der Waals surface area contributed by atoms with Crippen LogP contribution in [0.3, 0.4) is 0 Å². The first-order chi connectivity index (χ1) is 11.0. The second-order valence-corrected chi connectivity index (χ2v) is 6.64. The van der Waals surface area contributed by atoms with Gasteiger partial charge in [-0.05, 0) is 51.0 Å². The van der Waals surface area contributed by atoms with Gasteiger partial charge in [-0.3, -0.25) is 9.59 Å². The van der Waals surface area contributed by atoms with E-state index in [1.54, 1.807) is 0 Å². The summed E-state index contributed by atoms with van der Waals surface area (Å²) < 4.78 is 6.06. The van der Waals surface area contributed by atoms with Gasteiger partial charge in [0.2, 0.25) is 5.91 Å². The number of rotatable bonds is 5. The summed E-state index contributed by atoms with van der Waals surface area (Å²) in [5, 5.41) is 3.22. The van der Waals surface area contributed by atoms with Crippen molar-refractivity contribution in [1.29, 1.82) is 0 Å². The van der Waals surface area contributed by atoms with E-state index < -0.39 is 0 Å². The highest BCUT2D eigenvalue weighted by Gasteiger charge is 2.29. The smallest absolute Gasteiger partial charge is 0.309 e. The molecule has 23 heavy (non-hydrogen) atoms. The minimum absolute atomic E-state index is 0.0650. The highest BCUT2D eigenvalue weighted by atomic mass is 79.9. The van der Waals surface area contributed by atoms with Crippen LogP contribution in [0.1, 0.15) is 26.7 Å². The summed E-state index contributed by atoms with van der Waals surface area (Å²) in [5.74, 6) is -0.149. The van der Waals surface area contributed by atoms with Crippen LogP contribution < -0.4 is 5.32 Å². The Balaban J connectivity index is 1.84. The van der Waals surface area contributed by atoms with Crippen molar-refractivity contribution in [1.82, 2.24) is 4.90 Å². The van der Waals surface area contributed by atoms with E-state index in [0.29, 0.717) is 32.5 Å². The minimum Gasteiger partial charge on any atom is -0.466 e. The van der Waals surface area contributed by atoms with Crippen molar-refractivity contribution in [2.75, 3.05) is 25.0 Å². The second-order valence-electron chi connectivity index (χ2n) is 5.72. The molecule has 5 nitrogen and oxygen atoms in total. The van der Waals surface area contributed by atoms with E-state index in [1.165, 1.54) is 0 Å². The van der Waals surface area contributed by atoms with E-state index in [2.05, 4.69) is 21.2 Å². The summed E-state index contributed by atoms with van der Waals surface area (Å²) in [5.41, 5.74) is 0.912. The first kappa shape index (κ1) is 17.8. The molecule has 1 fully saturated rings. The Labute approximate surface area is 145 Å². The lowest BCUT2D eigenvalue weighted by atomic mass is 9.96. The molecule has 1 heterocycles. The number of hydrogen-bond donors (Lipinski definition) is 1. The fourth-order valence-corrected chi connectivity index (χ4v) is 2.99. The molecule has 0 saturated carbocycles. The molecular weight excluding hydrogens is 360 g/mol. The van der Waals surface area contributed by atoms with Gasteiger partial charge >= 0.3 is 5.97 Å². The number of halogens is 1. The third-order valence-electron chi connectivity index (χ3n) is 4.02. The lowest BCUT2D eigenvalue weighted by Gasteiger charge is -2.33. The quantitative estimate of drug-likeness (QED) is 0.795. The molecule has 6 heteroatoms. The summed E-state index contributed by atoms with van der Waals surface area (Å²) in [4.78, 5) is 26.1. The number of nitrogens with zero attached hydrogens (tertiary/aromatic N) is 1. The maximum absolute atomic E-state index is 12.5. The number of nitrogens with one attached hydrogen (secondary N) is 1. The van der Waals surface area contributed by atoms with Gasteiger partial charge in [-0.2, -0.15) is 0 Å². The molecule has 1 N–H and O–H groups in total. The largest absolute Gasteiger partial charge is 0.466 e. The number of piperidine rings is 1. The zero-order valence-electron chi connectivity index (χ0n) is 13.5. The van der Waals surface area contributed by atoms with Gasteiger partial charge in [-0.15, -0.1) is 0 Å². The summed E-state index contributed by atoms with van der Waals surface area (Å²) >= 11 is 3.39. The number of ether oxygens (including phenoxy) is 1. The summed E-state index contributed by atoms with van der Waals surface area (Å²) in [6.07, 6.45) is 1.35. The van der Waals surface area contributed by atoms with Gasteiger partial charge in [0, 0.05) is 23.2 Å². The molecule has 0 spiro atoms. The summed E-state index contributed by atoms with van der Waals surface area (Å²) in [6.45, 7) is 5.29. The van der Waals surface area contributed by atoms with E-state index in [1.807, 2.05) is 43.0 Å². The number of carbonyl (C=O) groups excluding carboxylic acids is 2. The van der Waals surface area contributed by atoms with Crippen LogP contribution in [0, 0.1) is 5.92 Å². The van der Waals surface area contributed by atoms with Gasteiger partial charge in [0.05, 0.1) is 12.5 Å². The van der Waals surface area contributed by atoms with Crippen molar-refractivity contribution < 1.29 is 14.3 Å². The molecule has 1 amide bonds. The number of amides is 1. The molecule has 1 aliphatic heterocycles. The Morgan fingerprint density at radius 2 is 1.91 bits per heavy atom. The minimum atomic E-state index is -0.296. The molecule has 1 aromatic rings. The van der Waals surface area contributed by atoms with Crippen LogP contribution in [0.2, 0.25) is 0 Å². The van der Waals surface area contributed by atoms with Gasteiger partial charge in [-0.1, -0.05) is 15.9 Å². The van der Waals surface area contributed by atoms with Gasteiger partial charge in [-0.25, -0.2) is 0 Å². The molecule has 0 aromatic heterocycles. The van der Waals surface area contributed by atoms with Crippen LogP contribution in [0.5, 0.6) is 0 Å². The number of carbonyl (C=O) groups is 2. The molecule has 1 aromatic carbocycles. The zero-order valence-corrected chi connectivity index (χ0v) is 15.1. The van der Waals surface area contributed by atoms with E-state index in [-0.39, 0.29) is 23.8 Å². The Kier molecular flexibility index (Phi) is 6.45. The lowest BCUT2D eigenvalue weighted by Crippen LogP contribution is -2.46. The van der Waals surface area contributed by atoms with Gasteiger partial charge in [0.15, 0.2) is 0 Å². The van der Waals surface area contributed by atoms with Crippen LogP contribution in [0.25, 0.3) is 0 Å². The predicted molar refractivity (Wildman–Crippen MR) is 93.2 cm³/mol. The van der Waals surface area contributed by atoms with Crippen LogP contribution in [0.4, 0.5) is 5.69 Å². The molecule has 0 bridgehead atoms. The van der Waals surface area contributed by atoms with Crippen molar-refractivity contribution in [3.63, 3.8) is 0 Å². The highest BCUT2D eigenvalue weighted by Crippen LogP contribution is 2.20. The van der Waals surface area contributed by atoms with Crippen molar-refractivity contribution in [2.45, 2.75) is 32.7 Å². The summed E-state index contributed by atoms with van der Waals surface area (Å²) in [6, 6.07) is 7.44. The molecule has 0 radical (unpaired) electrons. The van der Waals surface area contributed by atoms with Crippen molar-refractivity contribution >= 4 is 33.5 Å². The average molecular weight is 383 g/mol. The molecule has 2 rings (SSSR count). The first-order valence-electron chi connectivity index (χ1n) is 7.98. The molecular formula is C17H23BrN2O3. The highest BCUT2D eigenvalue weighted by molar-refractivity contribution is 9.10. The van der Waals surface area contributed by atoms with E-state index in [0.717, 1.165) is 10.2 Å². The Hall–Kier alpha value is -1.56. The molecule has 126 valence electrons. The van der Waals surface area contributed by atoms with E-state index >= 15 is 0 Å². The van der Waals surface area contributed by atoms with Crippen molar-refractivity contribution in [3.8, 4) is 0 Å². The number of hydrogen-bond acceptors (Lipinski definition) is 4. The van der Waals surface area contributed by atoms with Crippen LogP contribution in [-0.2, 0) is 14.3 Å². The van der Waals surface area contributed by atoms with E-state index in [9.17, 15) is 9.59 Å². The first-order valence-corrected chi connectivity index (χ1v) is 8.78. The van der Waals surface area contributed by atoms with Crippen LogP contribution in [0.15, 0.2) is 28.7 Å². The SMILES string of the molecule is CCOC(=O)C1CCN(C(=O)C(C)Nc2ccc(Br)cc2)CC1. The number of likely N-dealkylation sites (tertiary alicyclic amines) is 1. The van der Waals surface area contributed by atoms with Crippen LogP contribution in [-0.4, -0.2) is 42.5 Å². The second kappa shape index (κ2) is 8.34. The van der Waals surface area contributed by atoms with Gasteiger partial charge < -0.3 is 15.0 Å². The zero-order chi connectivity index (χ0) is 16.8. The average Bonchev–Trinajstić information content (AvgIpc) is 2.56. The van der Waals surface area contributed by atoms with Crippen molar-refractivity contribution in [2.24, 2.45) is 5.92 Å². The Morgan fingerprint density at radius 3 is 2.48 bits per heavy atom.